The molecule has 1 fully saturated rings. The van der Waals surface area contributed by atoms with Crippen LogP contribution in [0, 0.1) is 0 Å². The molecule has 0 aromatic carbocycles. The fraction of sp³-hybridized carbons (Fsp3) is 0.529. The van der Waals surface area contributed by atoms with Gasteiger partial charge < -0.3 is 13.9 Å². The summed E-state index contributed by atoms with van der Waals surface area (Å²) >= 11 is 0. The predicted octanol–water partition coefficient (Wildman–Crippen LogP) is 1.88. The van der Waals surface area contributed by atoms with Gasteiger partial charge in [0.25, 0.3) is 0 Å². The summed E-state index contributed by atoms with van der Waals surface area (Å²) in [4.78, 5) is 18.3. The Hall–Kier alpha value is -1.92. The first kappa shape index (κ1) is 16.0. The van der Waals surface area contributed by atoms with Gasteiger partial charge in [-0.15, -0.1) is 0 Å². The van der Waals surface area contributed by atoms with Crippen LogP contribution in [0.5, 0.6) is 0 Å². The van der Waals surface area contributed by atoms with Gasteiger partial charge in [-0.25, -0.2) is 4.98 Å². The maximum Gasteiger partial charge on any atom is 0.306 e. The van der Waals surface area contributed by atoms with E-state index in [4.69, 9.17) is 9.47 Å². The molecule has 2 aromatic rings. The van der Waals surface area contributed by atoms with E-state index in [0.29, 0.717) is 19.5 Å². The van der Waals surface area contributed by atoms with Gasteiger partial charge in [-0.1, -0.05) is 6.07 Å². The van der Waals surface area contributed by atoms with Gasteiger partial charge in [-0.3, -0.25) is 9.69 Å². The largest absolute Gasteiger partial charge is 0.469 e. The van der Waals surface area contributed by atoms with Gasteiger partial charge in [-0.05, 0) is 25.0 Å². The number of methoxy groups -OCH3 is 1. The molecule has 3 rings (SSSR count). The third-order valence-corrected chi connectivity index (χ3v) is 4.15. The van der Waals surface area contributed by atoms with Crippen molar-refractivity contribution in [2.45, 2.75) is 31.9 Å². The molecule has 124 valence electrons. The summed E-state index contributed by atoms with van der Waals surface area (Å²) in [6.07, 6.45) is 6.87. The average molecular weight is 317 g/mol. The van der Waals surface area contributed by atoms with Crippen LogP contribution in [-0.4, -0.2) is 53.2 Å². The minimum atomic E-state index is -0.183. The summed E-state index contributed by atoms with van der Waals surface area (Å²) in [7, 11) is 1.43. The highest BCUT2D eigenvalue weighted by Crippen LogP contribution is 2.15. The highest BCUT2D eigenvalue weighted by atomic mass is 16.5. The number of pyridine rings is 1. The molecule has 2 aromatic heterocycles. The van der Waals surface area contributed by atoms with Crippen LogP contribution in [0.3, 0.4) is 0 Å². The summed E-state index contributed by atoms with van der Waals surface area (Å²) in [6, 6.07) is 5.95. The monoisotopic (exact) mass is 317 g/mol. The maximum atomic E-state index is 11.4. The number of carbonyl (C=O) groups is 1. The zero-order valence-corrected chi connectivity index (χ0v) is 13.5. The molecule has 6 nitrogen and oxygen atoms in total. The van der Waals surface area contributed by atoms with Crippen LogP contribution in [0.15, 0.2) is 30.6 Å². The Morgan fingerprint density at radius 1 is 1.52 bits per heavy atom. The number of hydrogen-bond donors (Lipinski definition) is 0. The number of esters is 1. The van der Waals surface area contributed by atoms with Gasteiger partial charge in [0.05, 0.1) is 25.3 Å². The van der Waals surface area contributed by atoms with E-state index in [9.17, 15) is 4.79 Å². The topological polar surface area (TPSA) is 56.1 Å². The van der Waals surface area contributed by atoms with Crippen molar-refractivity contribution in [3.05, 3.63) is 36.3 Å². The first-order valence-electron chi connectivity index (χ1n) is 8.08. The molecule has 1 aliphatic rings. The Morgan fingerprint density at radius 3 is 3.17 bits per heavy atom. The van der Waals surface area contributed by atoms with Crippen LogP contribution in [0.1, 0.15) is 25.0 Å². The van der Waals surface area contributed by atoms with Crippen molar-refractivity contribution in [3.63, 3.8) is 0 Å². The molecule has 23 heavy (non-hydrogen) atoms. The van der Waals surface area contributed by atoms with E-state index < -0.39 is 0 Å². The van der Waals surface area contributed by atoms with E-state index in [2.05, 4.69) is 9.88 Å². The number of hydrogen-bond acceptors (Lipinski definition) is 5. The van der Waals surface area contributed by atoms with Crippen LogP contribution >= 0.6 is 0 Å². The van der Waals surface area contributed by atoms with Crippen molar-refractivity contribution in [1.82, 2.24) is 14.3 Å². The number of imidazole rings is 1. The van der Waals surface area contributed by atoms with Gasteiger partial charge in [0, 0.05) is 38.6 Å². The van der Waals surface area contributed by atoms with Gasteiger partial charge in [0.1, 0.15) is 5.65 Å². The zero-order chi connectivity index (χ0) is 16.1. The van der Waals surface area contributed by atoms with Gasteiger partial charge in [0.2, 0.25) is 0 Å². The minimum Gasteiger partial charge on any atom is -0.469 e. The quantitative estimate of drug-likeness (QED) is 0.730. The van der Waals surface area contributed by atoms with Crippen LogP contribution in [0.2, 0.25) is 0 Å². The molecule has 0 aliphatic carbocycles. The smallest absolute Gasteiger partial charge is 0.306 e. The van der Waals surface area contributed by atoms with Crippen LogP contribution in [0.4, 0.5) is 0 Å². The van der Waals surface area contributed by atoms with Crippen LogP contribution in [0.25, 0.3) is 5.65 Å². The predicted molar refractivity (Wildman–Crippen MR) is 86.1 cm³/mol. The van der Waals surface area contributed by atoms with Crippen LogP contribution in [-0.2, 0) is 20.8 Å². The lowest BCUT2D eigenvalue weighted by Gasteiger charge is -2.23. The van der Waals surface area contributed by atoms with E-state index in [1.165, 1.54) is 7.11 Å². The molecule has 6 heteroatoms. The van der Waals surface area contributed by atoms with Gasteiger partial charge in [-0.2, -0.15) is 0 Å². The summed E-state index contributed by atoms with van der Waals surface area (Å²) in [6.45, 7) is 3.02. The van der Waals surface area contributed by atoms with E-state index in [0.717, 1.165) is 37.3 Å². The molecule has 1 saturated heterocycles. The molecule has 0 saturated carbocycles. The SMILES string of the molecule is COC(=O)CCN(Cc1cn2ccccc2n1)C[C@@H]1CCCO1. The molecule has 0 amide bonds. The first-order valence-corrected chi connectivity index (χ1v) is 8.08. The van der Waals surface area contributed by atoms with Crippen molar-refractivity contribution in [2.75, 3.05) is 26.8 Å². The summed E-state index contributed by atoms with van der Waals surface area (Å²) < 4.78 is 12.5. The molecule has 3 heterocycles. The zero-order valence-electron chi connectivity index (χ0n) is 13.5. The van der Waals surface area contributed by atoms with E-state index in [1.807, 2.05) is 35.0 Å². The molecule has 1 atom stereocenters. The molecular formula is C17H23N3O3. The molecule has 1 aliphatic heterocycles. The standard InChI is InChI=1S/C17H23N3O3/c1-22-17(21)7-9-19(13-15-5-4-10-23-15)11-14-12-20-8-3-2-6-16(20)18-14/h2-3,6,8,12,15H,4-5,7,9-11,13H2,1H3/t15-/m0/s1. The summed E-state index contributed by atoms with van der Waals surface area (Å²) in [5.74, 6) is -0.183. The fourth-order valence-corrected chi connectivity index (χ4v) is 2.96. The molecule has 0 radical (unpaired) electrons. The molecule has 0 spiro atoms. The Bertz CT molecular complexity index is 616. The number of aromatic nitrogens is 2. The van der Waals surface area contributed by atoms with Crippen molar-refractivity contribution in [1.29, 1.82) is 0 Å². The van der Waals surface area contributed by atoms with Crippen molar-refractivity contribution in [3.8, 4) is 0 Å². The Labute approximate surface area is 136 Å². The van der Waals surface area contributed by atoms with E-state index in [1.54, 1.807) is 0 Å². The molecule has 0 bridgehead atoms. The normalized spacial score (nSPS) is 17.9. The van der Waals surface area contributed by atoms with Crippen molar-refractivity contribution >= 4 is 11.6 Å². The number of carbonyl (C=O) groups excluding carboxylic acids is 1. The molecular weight excluding hydrogens is 294 g/mol. The van der Waals surface area contributed by atoms with Crippen molar-refractivity contribution in [2.24, 2.45) is 0 Å². The first-order chi connectivity index (χ1) is 11.2. The third kappa shape index (κ3) is 4.30. The third-order valence-electron chi connectivity index (χ3n) is 4.15. The van der Waals surface area contributed by atoms with Gasteiger partial charge >= 0.3 is 5.97 Å². The Morgan fingerprint density at radius 2 is 2.43 bits per heavy atom. The lowest BCUT2D eigenvalue weighted by molar-refractivity contribution is -0.141. The summed E-state index contributed by atoms with van der Waals surface area (Å²) in [5, 5.41) is 0. The highest BCUT2D eigenvalue weighted by Gasteiger charge is 2.20. The lowest BCUT2D eigenvalue weighted by atomic mass is 10.2. The Balaban J connectivity index is 1.66. The van der Waals surface area contributed by atoms with E-state index in [-0.39, 0.29) is 12.1 Å². The second-order valence-corrected chi connectivity index (χ2v) is 5.89. The molecule has 0 unspecified atom stereocenters. The minimum absolute atomic E-state index is 0.183. The number of rotatable bonds is 7. The number of fused-ring (bicyclic) bond motifs is 1. The highest BCUT2D eigenvalue weighted by molar-refractivity contribution is 5.69. The van der Waals surface area contributed by atoms with Gasteiger partial charge in [0.15, 0.2) is 0 Å². The van der Waals surface area contributed by atoms with Crippen molar-refractivity contribution < 1.29 is 14.3 Å². The fourth-order valence-electron chi connectivity index (χ4n) is 2.96. The number of nitrogens with zero attached hydrogens (tertiary/aromatic N) is 3. The summed E-state index contributed by atoms with van der Waals surface area (Å²) in [5.41, 5.74) is 1.94. The molecule has 0 N–H and O–H groups in total. The average Bonchev–Trinajstić information content (AvgIpc) is 3.20. The van der Waals surface area contributed by atoms with Crippen LogP contribution < -0.4 is 0 Å². The lowest BCUT2D eigenvalue weighted by Crippen LogP contribution is -2.33. The Kier molecular flexibility index (Phi) is 5.25. The van der Waals surface area contributed by atoms with E-state index >= 15 is 0 Å². The second-order valence-electron chi connectivity index (χ2n) is 5.89. The number of ether oxygens (including phenoxy) is 2. The maximum absolute atomic E-state index is 11.4. The second kappa shape index (κ2) is 7.57.